The molecule has 50 heavy (non-hydrogen) atoms. The third-order valence-electron chi connectivity index (χ3n) is 8.66. The van der Waals surface area contributed by atoms with Gasteiger partial charge in [0.1, 0.15) is 11.9 Å². The Morgan fingerprint density at radius 3 is 2.36 bits per heavy atom. The quantitative estimate of drug-likeness (QED) is 0.130. The van der Waals surface area contributed by atoms with Crippen LogP contribution in [-0.2, 0) is 6.54 Å². The SMILES string of the molecule is COc1ccc(NC(=O)Nc2cccc3c2O[C@@H](CN(C)Cc2ccc(C(=O)Nc4ccccc4N)cc2)[C@H](C)CN([C@H](C)CO)C3=O)cc1. The van der Waals surface area contributed by atoms with E-state index in [1.165, 1.54) is 0 Å². The van der Waals surface area contributed by atoms with E-state index in [9.17, 15) is 19.5 Å². The van der Waals surface area contributed by atoms with Gasteiger partial charge in [-0.3, -0.25) is 14.5 Å². The minimum atomic E-state index is -0.506. The van der Waals surface area contributed by atoms with Crippen molar-refractivity contribution in [3.8, 4) is 11.5 Å². The number of hydrogen-bond donors (Lipinski definition) is 5. The standard InChI is InChI=1S/C38H44N6O6/c1-24-20-44(25(2)23-45)37(47)30-8-7-11-33(42-38(48)40-28-16-18-29(49-4)19-17-28)35(30)50-34(24)22-43(3)21-26-12-14-27(15-13-26)36(46)41-32-10-6-5-9-31(32)39/h5-19,24-25,34,45H,20-23,39H2,1-4H3,(H,41,46)(H2,40,42,48)/t24-,25-,34+/m1/s1. The van der Waals surface area contributed by atoms with Crippen molar-refractivity contribution in [1.29, 1.82) is 0 Å². The fraction of sp³-hybridized carbons (Fsp3) is 0.289. The van der Waals surface area contributed by atoms with Gasteiger partial charge in [-0.05, 0) is 80.2 Å². The largest absolute Gasteiger partial charge is 0.497 e. The van der Waals surface area contributed by atoms with Gasteiger partial charge in [0, 0.05) is 36.8 Å². The topological polar surface area (TPSA) is 158 Å². The number of anilines is 4. The number of aliphatic hydroxyl groups is 1. The van der Waals surface area contributed by atoms with Gasteiger partial charge in [-0.1, -0.05) is 37.3 Å². The van der Waals surface area contributed by atoms with Crippen molar-refractivity contribution in [3.05, 3.63) is 108 Å². The maximum atomic E-state index is 13.8. The highest BCUT2D eigenvalue weighted by Gasteiger charge is 2.34. The number of urea groups is 1. The lowest BCUT2D eigenvalue weighted by molar-refractivity contribution is 0.0343. The Labute approximate surface area is 292 Å². The summed E-state index contributed by atoms with van der Waals surface area (Å²) in [6.07, 6.45) is -0.394. The summed E-state index contributed by atoms with van der Waals surface area (Å²) < 4.78 is 11.8. The molecule has 12 nitrogen and oxygen atoms in total. The van der Waals surface area contributed by atoms with E-state index in [-0.39, 0.29) is 30.1 Å². The number of nitrogen functional groups attached to an aromatic ring is 1. The monoisotopic (exact) mass is 680 g/mol. The molecular weight excluding hydrogens is 636 g/mol. The van der Waals surface area contributed by atoms with Crippen molar-refractivity contribution in [2.75, 3.05) is 55.5 Å². The molecule has 0 saturated heterocycles. The Bertz CT molecular complexity index is 1800. The molecule has 0 bridgehead atoms. The average Bonchev–Trinajstić information content (AvgIpc) is 3.11. The van der Waals surface area contributed by atoms with Gasteiger partial charge in [0.2, 0.25) is 0 Å². The second kappa shape index (κ2) is 16.2. The first-order valence-corrected chi connectivity index (χ1v) is 16.4. The summed E-state index contributed by atoms with van der Waals surface area (Å²) in [5, 5.41) is 18.5. The molecule has 0 saturated carbocycles. The molecule has 262 valence electrons. The number of para-hydroxylation sites is 3. The zero-order valence-corrected chi connectivity index (χ0v) is 28.7. The van der Waals surface area contributed by atoms with Gasteiger partial charge in [-0.15, -0.1) is 0 Å². The van der Waals surface area contributed by atoms with E-state index in [1.807, 2.05) is 38.2 Å². The zero-order chi connectivity index (χ0) is 35.8. The van der Waals surface area contributed by atoms with Crippen molar-refractivity contribution in [2.45, 2.75) is 32.5 Å². The number of carbonyl (C=O) groups is 3. The molecule has 4 amide bonds. The molecule has 0 unspecified atom stereocenters. The second-order valence-corrected chi connectivity index (χ2v) is 12.5. The molecular formula is C38H44N6O6. The molecule has 0 aliphatic carbocycles. The fourth-order valence-corrected chi connectivity index (χ4v) is 5.77. The Morgan fingerprint density at radius 2 is 1.68 bits per heavy atom. The van der Waals surface area contributed by atoms with E-state index < -0.39 is 18.2 Å². The number of fused-ring (bicyclic) bond motifs is 1. The minimum Gasteiger partial charge on any atom is -0.497 e. The molecule has 6 N–H and O–H groups in total. The van der Waals surface area contributed by atoms with Crippen LogP contribution in [0.1, 0.15) is 40.1 Å². The summed E-state index contributed by atoms with van der Waals surface area (Å²) in [6, 6.07) is 25.5. The third kappa shape index (κ3) is 8.70. The molecule has 0 fully saturated rings. The Hall–Kier alpha value is -5.59. The second-order valence-electron chi connectivity index (χ2n) is 12.5. The highest BCUT2D eigenvalue weighted by molar-refractivity contribution is 6.06. The highest BCUT2D eigenvalue weighted by atomic mass is 16.5. The van der Waals surface area contributed by atoms with Crippen LogP contribution >= 0.6 is 0 Å². The van der Waals surface area contributed by atoms with Crippen molar-refractivity contribution < 1.29 is 29.0 Å². The van der Waals surface area contributed by atoms with E-state index >= 15 is 0 Å². The molecule has 0 spiro atoms. The summed E-state index contributed by atoms with van der Waals surface area (Å²) in [4.78, 5) is 43.5. The van der Waals surface area contributed by atoms with Gasteiger partial charge < -0.3 is 41.2 Å². The molecule has 1 aliphatic heterocycles. The molecule has 4 aromatic carbocycles. The molecule has 0 aromatic heterocycles. The van der Waals surface area contributed by atoms with Crippen LogP contribution in [-0.4, -0.2) is 78.8 Å². The van der Waals surface area contributed by atoms with Crippen LogP contribution in [0.2, 0.25) is 0 Å². The van der Waals surface area contributed by atoms with Crippen molar-refractivity contribution in [1.82, 2.24) is 9.80 Å². The van der Waals surface area contributed by atoms with E-state index in [0.29, 0.717) is 59.3 Å². The molecule has 1 heterocycles. The number of methoxy groups -OCH3 is 1. The van der Waals surface area contributed by atoms with Gasteiger partial charge in [-0.25, -0.2) is 4.79 Å². The predicted molar refractivity (Wildman–Crippen MR) is 195 cm³/mol. The number of amides is 4. The van der Waals surface area contributed by atoms with E-state index in [1.54, 1.807) is 85.7 Å². The number of carbonyl (C=O) groups excluding carboxylic acids is 3. The average molecular weight is 681 g/mol. The number of nitrogens with one attached hydrogen (secondary N) is 3. The van der Waals surface area contributed by atoms with Crippen LogP contribution in [0.5, 0.6) is 11.5 Å². The first-order valence-electron chi connectivity index (χ1n) is 16.4. The number of nitrogens with zero attached hydrogens (tertiary/aromatic N) is 2. The molecule has 1 aliphatic rings. The summed E-state index contributed by atoms with van der Waals surface area (Å²) in [5.41, 5.74) is 9.71. The summed E-state index contributed by atoms with van der Waals surface area (Å²) in [5.74, 6) is 0.237. The smallest absolute Gasteiger partial charge is 0.323 e. The van der Waals surface area contributed by atoms with Crippen molar-refractivity contribution in [3.63, 3.8) is 0 Å². The number of ether oxygens (including phenoxy) is 2. The summed E-state index contributed by atoms with van der Waals surface area (Å²) in [6.45, 7) is 5.02. The lowest BCUT2D eigenvalue weighted by atomic mass is 9.98. The summed E-state index contributed by atoms with van der Waals surface area (Å²) in [7, 11) is 3.54. The van der Waals surface area contributed by atoms with Crippen LogP contribution in [0.25, 0.3) is 0 Å². The van der Waals surface area contributed by atoms with Crippen LogP contribution in [0, 0.1) is 5.92 Å². The number of nitrogens with two attached hydrogens (primary N) is 1. The van der Waals surface area contributed by atoms with Crippen LogP contribution in [0.4, 0.5) is 27.5 Å². The fourth-order valence-electron chi connectivity index (χ4n) is 5.77. The number of benzene rings is 4. The van der Waals surface area contributed by atoms with Gasteiger partial charge in [0.25, 0.3) is 11.8 Å². The highest BCUT2D eigenvalue weighted by Crippen LogP contribution is 2.35. The van der Waals surface area contributed by atoms with Crippen LogP contribution in [0.3, 0.4) is 0 Å². The van der Waals surface area contributed by atoms with Crippen LogP contribution in [0.15, 0.2) is 91.0 Å². The van der Waals surface area contributed by atoms with Gasteiger partial charge in [-0.2, -0.15) is 0 Å². The maximum Gasteiger partial charge on any atom is 0.323 e. The molecule has 12 heteroatoms. The lowest BCUT2D eigenvalue weighted by Gasteiger charge is -2.38. The van der Waals surface area contributed by atoms with Gasteiger partial charge >= 0.3 is 6.03 Å². The normalized spacial score (nSPS) is 16.4. The van der Waals surface area contributed by atoms with E-state index in [0.717, 1.165) is 5.56 Å². The van der Waals surface area contributed by atoms with Crippen molar-refractivity contribution in [2.24, 2.45) is 5.92 Å². The van der Waals surface area contributed by atoms with Crippen LogP contribution < -0.4 is 31.2 Å². The lowest BCUT2D eigenvalue weighted by Crippen LogP contribution is -2.49. The van der Waals surface area contributed by atoms with Gasteiger partial charge in [0.15, 0.2) is 5.75 Å². The van der Waals surface area contributed by atoms with Gasteiger partial charge in [0.05, 0.1) is 42.4 Å². The molecule has 0 radical (unpaired) electrons. The predicted octanol–water partition coefficient (Wildman–Crippen LogP) is 5.53. The third-order valence-corrected chi connectivity index (χ3v) is 8.66. The van der Waals surface area contributed by atoms with E-state index in [4.69, 9.17) is 15.2 Å². The van der Waals surface area contributed by atoms with E-state index in [2.05, 4.69) is 20.9 Å². The molecule has 4 aromatic rings. The number of likely N-dealkylation sites (N-methyl/N-ethyl adjacent to an activating group) is 1. The number of hydrogen-bond acceptors (Lipinski definition) is 8. The number of aliphatic hydroxyl groups excluding tert-OH is 1. The molecule has 3 atom stereocenters. The minimum absolute atomic E-state index is 0.138. The number of rotatable bonds is 11. The first kappa shape index (κ1) is 35.7. The first-order chi connectivity index (χ1) is 24.1. The maximum absolute atomic E-state index is 13.8. The summed E-state index contributed by atoms with van der Waals surface area (Å²) >= 11 is 0. The molecule has 5 rings (SSSR count). The van der Waals surface area contributed by atoms with Crippen molar-refractivity contribution >= 4 is 40.6 Å². The Morgan fingerprint density at radius 1 is 0.980 bits per heavy atom. The Balaban J connectivity index is 1.32. The Kier molecular flexibility index (Phi) is 11.6. The zero-order valence-electron chi connectivity index (χ0n) is 28.7.